The van der Waals surface area contributed by atoms with E-state index in [1.165, 1.54) is 0 Å². The number of fused-ring (bicyclic) bond motifs is 1. The van der Waals surface area contributed by atoms with Crippen molar-refractivity contribution in [2.24, 2.45) is 5.73 Å². The third-order valence-electron chi connectivity index (χ3n) is 8.25. The number of carbonyl (C=O) groups is 5. The zero-order chi connectivity index (χ0) is 32.6. The highest BCUT2D eigenvalue weighted by Crippen LogP contribution is 2.31. The quantitative estimate of drug-likeness (QED) is 0.301. The SMILES string of the molecule is CC(C)(C)OC(=O)N[C@H]1CNCC[C@H]2CC[C@@H](C(=O)N[C@@H](CCC(N)=O)C(=O)CC(c3ccccc3)c3ccccc3)N2C1=O. The molecule has 242 valence electrons. The molecule has 4 rings (SSSR count). The summed E-state index contributed by atoms with van der Waals surface area (Å²) in [5, 5.41) is 8.74. The third kappa shape index (κ3) is 9.37. The third-order valence-corrected chi connectivity index (χ3v) is 8.25. The molecule has 4 amide bonds. The topological polar surface area (TPSA) is 160 Å². The molecule has 0 bridgehead atoms. The van der Waals surface area contributed by atoms with Crippen LogP contribution in [0.5, 0.6) is 0 Å². The molecule has 0 aliphatic carbocycles. The van der Waals surface area contributed by atoms with E-state index in [-0.39, 0.29) is 49.5 Å². The number of nitrogens with one attached hydrogen (secondary N) is 3. The Morgan fingerprint density at radius 1 is 0.978 bits per heavy atom. The molecule has 0 unspecified atom stereocenters. The van der Waals surface area contributed by atoms with Crippen LogP contribution in [0, 0.1) is 0 Å². The summed E-state index contributed by atoms with van der Waals surface area (Å²) in [5.74, 6) is -1.91. The van der Waals surface area contributed by atoms with Crippen LogP contribution in [-0.4, -0.2) is 77.4 Å². The van der Waals surface area contributed by atoms with Gasteiger partial charge in [-0.25, -0.2) is 4.79 Å². The fourth-order valence-corrected chi connectivity index (χ4v) is 6.11. The number of benzene rings is 2. The number of Topliss-reactive ketones (excluding diaryl/α,β-unsaturated/α-hetero) is 1. The molecule has 11 heteroatoms. The van der Waals surface area contributed by atoms with Gasteiger partial charge in [-0.3, -0.25) is 19.2 Å². The Kier molecular flexibility index (Phi) is 11.3. The molecule has 0 aromatic heterocycles. The van der Waals surface area contributed by atoms with Crippen molar-refractivity contribution in [1.82, 2.24) is 20.9 Å². The van der Waals surface area contributed by atoms with E-state index in [1.54, 1.807) is 25.7 Å². The van der Waals surface area contributed by atoms with Crippen molar-refractivity contribution < 1.29 is 28.7 Å². The van der Waals surface area contributed by atoms with Gasteiger partial charge < -0.3 is 31.3 Å². The highest BCUT2D eigenvalue weighted by molar-refractivity contribution is 5.95. The van der Waals surface area contributed by atoms with Crippen molar-refractivity contribution in [3.8, 4) is 0 Å². The maximum Gasteiger partial charge on any atom is 0.408 e. The molecule has 11 nitrogen and oxygen atoms in total. The summed E-state index contributed by atoms with van der Waals surface area (Å²) >= 11 is 0. The smallest absolute Gasteiger partial charge is 0.408 e. The first-order valence-electron chi connectivity index (χ1n) is 15.7. The lowest BCUT2D eigenvalue weighted by molar-refractivity contribution is -0.143. The van der Waals surface area contributed by atoms with Crippen molar-refractivity contribution in [1.29, 1.82) is 0 Å². The van der Waals surface area contributed by atoms with Crippen LogP contribution >= 0.6 is 0 Å². The summed E-state index contributed by atoms with van der Waals surface area (Å²) in [7, 11) is 0. The minimum absolute atomic E-state index is 0.0487. The van der Waals surface area contributed by atoms with Crippen LogP contribution in [0.1, 0.15) is 76.3 Å². The van der Waals surface area contributed by atoms with Crippen molar-refractivity contribution in [2.75, 3.05) is 13.1 Å². The van der Waals surface area contributed by atoms with Crippen molar-refractivity contribution in [2.45, 2.75) is 95.0 Å². The highest BCUT2D eigenvalue weighted by Gasteiger charge is 2.45. The van der Waals surface area contributed by atoms with Crippen molar-refractivity contribution >= 4 is 29.6 Å². The molecule has 2 saturated heterocycles. The van der Waals surface area contributed by atoms with Crippen molar-refractivity contribution in [3.63, 3.8) is 0 Å². The monoisotopic (exact) mass is 619 g/mol. The van der Waals surface area contributed by atoms with Crippen LogP contribution in [0.4, 0.5) is 4.79 Å². The molecule has 2 aromatic rings. The first-order chi connectivity index (χ1) is 21.4. The van der Waals surface area contributed by atoms with Gasteiger partial charge in [0, 0.05) is 31.3 Å². The first kappa shape index (κ1) is 33.6. The number of hydrogen-bond acceptors (Lipinski definition) is 7. The van der Waals surface area contributed by atoms with Crippen LogP contribution < -0.4 is 21.7 Å². The number of rotatable bonds is 11. The molecule has 2 aromatic carbocycles. The van der Waals surface area contributed by atoms with E-state index in [9.17, 15) is 24.0 Å². The molecular formula is C34H45N5O6. The summed E-state index contributed by atoms with van der Waals surface area (Å²) in [6.07, 6.45) is 1.01. The largest absolute Gasteiger partial charge is 0.444 e. The lowest BCUT2D eigenvalue weighted by Gasteiger charge is -2.36. The molecule has 5 N–H and O–H groups in total. The number of alkyl carbamates (subject to hydrolysis) is 1. The average Bonchev–Trinajstić information content (AvgIpc) is 3.41. The van der Waals surface area contributed by atoms with Gasteiger partial charge in [-0.15, -0.1) is 0 Å². The normalized spacial score (nSPS) is 20.8. The minimum atomic E-state index is -0.971. The van der Waals surface area contributed by atoms with Gasteiger partial charge in [-0.2, -0.15) is 0 Å². The zero-order valence-electron chi connectivity index (χ0n) is 26.3. The standard InChI is InChI=1S/C34H45N5O6/c1-34(2,3)45-33(44)38-27-21-36-19-18-24-14-16-28(39(24)32(27)43)31(42)37-26(15-17-30(35)41)29(40)20-25(22-10-6-4-7-11-22)23-12-8-5-9-13-23/h4-13,24-28,36H,14-21H2,1-3H3,(H2,35,41)(H,37,42)(H,38,44)/t24-,26+,27+,28+/m1/s1. The number of amides is 4. The average molecular weight is 620 g/mol. The number of hydrogen-bond donors (Lipinski definition) is 4. The first-order valence-corrected chi connectivity index (χ1v) is 15.7. The van der Waals surface area contributed by atoms with E-state index < -0.39 is 41.6 Å². The molecule has 0 spiro atoms. The molecular weight excluding hydrogens is 574 g/mol. The lowest BCUT2D eigenvalue weighted by atomic mass is 9.85. The molecule has 2 heterocycles. The van der Waals surface area contributed by atoms with Gasteiger partial charge in [0.05, 0.1) is 6.04 Å². The van der Waals surface area contributed by atoms with E-state index >= 15 is 0 Å². The Hall–Kier alpha value is -4.25. The Balaban J connectivity index is 1.53. The summed E-state index contributed by atoms with van der Waals surface area (Å²) in [6.45, 7) is 6.00. The molecule has 2 fully saturated rings. The van der Waals surface area contributed by atoms with Gasteiger partial charge in [0.1, 0.15) is 17.7 Å². The summed E-state index contributed by atoms with van der Waals surface area (Å²) in [5.41, 5.74) is 6.61. The Labute approximate surface area is 264 Å². The molecule has 0 saturated carbocycles. The molecule has 2 aliphatic heterocycles. The highest BCUT2D eigenvalue weighted by atomic mass is 16.6. The minimum Gasteiger partial charge on any atom is -0.444 e. The predicted molar refractivity (Wildman–Crippen MR) is 169 cm³/mol. The van der Waals surface area contributed by atoms with Gasteiger partial charge in [0.25, 0.3) is 0 Å². The molecule has 45 heavy (non-hydrogen) atoms. The molecule has 4 atom stereocenters. The fraction of sp³-hybridized carbons (Fsp3) is 0.500. The number of primary amides is 1. The van der Waals surface area contributed by atoms with E-state index in [1.807, 2.05) is 60.7 Å². The zero-order valence-corrected chi connectivity index (χ0v) is 26.3. The van der Waals surface area contributed by atoms with Gasteiger partial charge in [-0.1, -0.05) is 60.7 Å². The van der Waals surface area contributed by atoms with Gasteiger partial charge in [0.15, 0.2) is 5.78 Å². The maximum atomic E-state index is 13.9. The predicted octanol–water partition coefficient (Wildman–Crippen LogP) is 2.77. The number of carbonyl (C=O) groups excluding carboxylic acids is 5. The molecule has 0 radical (unpaired) electrons. The van der Waals surface area contributed by atoms with E-state index in [4.69, 9.17) is 10.5 Å². The Morgan fingerprint density at radius 2 is 1.60 bits per heavy atom. The van der Waals surface area contributed by atoms with Crippen LogP contribution in [0.15, 0.2) is 60.7 Å². The van der Waals surface area contributed by atoms with Crippen LogP contribution in [0.3, 0.4) is 0 Å². The van der Waals surface area contributed by atoms with Crippen LogP contribution in [0.2, 0.25) is 0 Å². The second-order valence-electron chi connectivity index (χ2n) is 12.8. The van der Waals surface area contributed by atoms with Crippen molar-refractivity contribution in [3.05, 3.63) is 71.8 Å². The number of ketones is 1. The summed E-state index contributed by atoms with van der Waals surface area (Å²) < 4.78 is 5.36. The maximum absolute atomic E-state index is 13.9. The van der Waals surface area contributed by atoms with E-state index in [0.717, 1.165) is 11.1 Å². The Morgan fingerprint density at radius 3 is 2.18 bits per heavy atom. The summed E-state index contributed by atoms with van der Waals surface area (Å²) in [6, 6.07) is 16.4. The Bertz CT molecular complexity index is 1310. The number of nitrogens with two attached hydrogens (primary N) is 1. The lowest BCUT2D eigenvalue weighted by Crippen LogP contribution is -2.61. The van der Waals surface area contributed by atoms with Crippen LogP contribution in [-0.2, 0) is 23.9 Å². The number of ether oxygens (including phenoxy) is 1. The van der Waals surface area contributed by atoms with Gasteiger partial charge in [0.2, 0.25) is 17.7 Å². The second-order valence-corrected chi connectivity index (χ2v) is 12.8. The van der Waals surface area contributed by atoms with Crippen LogP contribution in [0.25, 0.3) is 0 Å². The second kappa shape index (κ2) is 15.2. The van der Waals surface area contributed by atoms with E-state index in [0.29, 0.717) is 25.8 Å². The van der Waals surface area contributed by atoms with Gasteiger partial charge >= 0.3 is 6.09 Å². The summed E-state index contributed by atoms with van der Waals surface area (Å²) in [4.78, 5) is 67.4. The van der Waals surface area contributed by atoms with E-state index in [2.05, 4.69) is 16.0 Å². The molecule has 2 aliphatic rings. The number of nitrogens with zero attached hydrogens (tertiary/aromatic N) is 1. The fourth-order valence-electron chi connectivity index (χ4n) is 6.11. The van der Waals surface area contributed by atoms with Gasteiger partial charge in [-0.05, 0) is 64.1 Å².